The molecule has 2 saturated heterocycles. The smallest absolute Gasteiger partial charge is 0.239 e. The molecule has 2 heterocycles. The number of carbonyl (C=O) groups is 1. The number of piperidine rings is 1. The number of amides is 1. The van der Waals surface area contributed by atoms with Crippen LogP contribution in [0.5, 0.6) is 0 Å². The zero-order valence-corrected chi connectivity index (χ0v) is 7.01. The van der Waals surface area contributed by atoms with Gasteiger partial charge in [0, 0.05) is 6.54 Å². The topological polar surface area (TPSA) is 50.4 Å². The Morgan fingerprint density at radius 1 is 1.42 bits per heavy atom. The number of hydrogen-bond donors (Lipinski definition) is 2. The summed E-state index contributed by atoms with van der Waals surface area (Å²) in [6, 6.07) is -0.110. The third-order valence-corrected chi connectivity index (χ3v) is 2.42. The number of rotatable bonds is 0. The van der Waals surface area contributed by atoms with Crippen molar-refractivity contribution in [1.29, 1.82) is 0 Å². The fourth-order valence-corrected chi connectivity index (χ4v) is 1.79. The highest BCUT2D eigenvalue weighted by molar-refractivity contribution is 5.82. The van der Waals surface area contributed by atoms with Gasteiger partial charge in [-0.3, -0.25) is 4.79 Å². The second-order valence-electron chi connectivity index (χ2n) is 3.27. The first-order valence-electron chi connectivity index (χ1n) is 4.50. The number of fused-ring (bicyclic) bond motifs is 1. The minimum atomic E-state index is -0.110. The van der Waals surface area contributed by atoms with Crippen LogP contribution in [0.25, 0.3) is 0 Å². The number of ether oxygens (including phenoxy) is 1. The maximum atomic E-state index is 11.4. The summed E-state index contributed by atoms with van der Waals surface area (Å²) in [4.78, 5) is 11.4. The summed E-state index contributed by atoms with van der Waals surface area (Å²) in [7, 11) is 0. The molecule has 0 radical (unpaired) electrons. The van der Waals surface area contributed by atoms with Crippen molar-refractivity contribution in [2.75, 3.05) is 19.7 Å². The zero-order valence-electron chi connectivity index (χ0n) is 7.01. The van der Waals surface area contributed by atoms with E-state index in [9.17, 15) is 4.79 Å². The summed E-state index contributed by atoms with van der Waals surface area (Å²) in [5.41, 5.74) is 0. The van der Waals surface area contributed by atoms with Crippen LogP contribution >= 0.6 is 0 Å². The highest BCUT2D eigenvalue weighted by Gasteiger charge is 2.32. The third kappa shape index (κ3) is 1.44. The van der Waals surface area contributed by atoms with E-state index in [-0.39, 0.29) is 18.1 Å². The molecule has 12 heavy (non-hydrogen) atoms. The predicted molar refractivity (Wildman–Crippen MR) is 43.8 cm³/mol. The molecule has 0 aromatic heterocycles. The summed E-state index contributed by atoms with van der Waals surface area (Å²) in [6.45, 7) is 2.22. The van der Waals surface area contributed by atoms with E-state index in [1.54, 1.807) is 0 Å². The van der Waals surface area contributed by atoms with Crippen molar-refractivity contribution in [2.45, 2.75) is 25.0 Å². The molecule has 0 saturated carbocycles. The molecule has 4 nitrogen and oxygen atoms in total. The summed E-state index contributed by atoms with van der Waals surface area (Å²) in [6.07, 6.45) is 2.21. The maximum absolute atomic E-state index is 11.4. The highest BCUT2D eigenvalue weighted by Crippen LogP contribution is 2.14. The van der Waals surface area contributed by atoms with Gasteiger partial charge in [-0.15, -0.1) is 0 Å². The van der Waals surface area contributed by atoms with Crippen LogP contribution in [-0.2, 0) is 9.53 Å². The van der Waals surface area contributed by atoms with Crippen molar-refractivity contribution in [2.24, 2.45) is 0 Å². The van der Waals surface area contributed by atoms with Crippen molar-refractivity contribution in [1.82, 2.24) is 10.6 Å². The Hall–Kier alpha value is -0.610. The summed E-state index contributed by atoms with van der Waals surface area (Å²) in [5.74, 6) is 0.0946. The van der Waals surface area contributed by atoms with E-state index in [0.29, 0.717) is 13.2 Å². The fraction of sp³-hybridized carbons (Fsp3) is 0.875. The molecule has 0 spiro atoms. The lowest BCUT2D eigenvalue weighted by atomic mass is 10.0. The number of hydrogen-bond acceptors (Lipinski definition) is 3. The Bertz CT molecular complexity index is 184. The number of nitrogens with one attached hydrogen (secondary N) is 2. The molecule has 4 heteroatoms. The van der Waals surface area contributed by atoms with Crippen molar-refractivity contribution < 1.29 is 9.53 Å². The molecule has 0 unspecified atom stereocenters. The van der Waals surface area contributed by atoms with E-state index >= 15 is 0 Å². The van der Waals surface area contributed by atoms with Gasteiger partial charge in [0.2, 0.25) is 5.91 Å². The first-order valence-corrected chi connectivity index (χ1v) is 4.50. The van der Waals surface area contributed by atoms with Crippen LogP contribution in [0.4, 0.5) is 0 Å². The van der Waals surface area contributed by atoms with Crippen molar-refractivity contribution in [3.8, 4) is 0 Å². The van der Waals surface area contributed by atoms with Crippen molar-refractivity contribution >= 4 is 5.91 Å². The van der Waals surface area contributed by atoms with Gasteiger partial charge in [0.25, 0.3) is 0 Å². The minimum Gasteiger partial charge on any atom is -0.374 e. The predicted octanol–water partition coefficient (Wildman–Crippen LogP) is -0.747. The zero-order chi connectivity index (χ0) is 8.39. The Labute approximate surface area is 71.7 Å². The molecule has 2 fully saturated rings. The average molecular weight is 170 g/mol. The van der Waals surface area contributed by atoms with Crippen LogP contribution in [0, 0.1) is 0 Å². The van der Waals surface area contributed by atoms with E-state index in [0.717, 1.165) is 19.4 Å². The molecular formula is C8H14N2O2. The fourth-order valence-electron chi connectivity index (χ4n) is 1.79. The lowest BCUT2D eigenvalue weighted by molar-refractivity contribution is -0.125. The van der Waals surface area contributed by atoms with Gasteiger partial charge < -0.3 is 15.4 Å². The molecule has 0 aromatic carbocycles. The largest absolute Gasteiger partial charge is 0.374 e. The standard InChI is InChI=1S/C8H14N2O2/c11-8-7-6(2-1-3-9-7)12-5-4-10-8/h6-7,9H,1-5H2,(H,10,11)/t6-,7+/m1/s1. The Balaban J connectivity index is 2.06. The second kappa shape index (κ2) is 3.41. The van der Waals surface area contributed by atoms with Crippen LogP contribution in [0.3, 0.4) is 0 Å². The first kappa shape index (κ1) is 8.01. The summed E-state index contributed by atoms with van der Waals surface area (Å²) < 4.78 is 5.53. The molecule has 0 aromatic rings. The van der Waals surface area contributed by atoms with Crippen LogP contribution < -0.4 is 10.6 Å². The van der Waals surface area contributed by atoms with E-state index in [1.807, 2.05) is 0 Å². The Morgan fingerprint density at radius 3 is 3.25 bits per heavy atom. The highest BCUT2D eigenvalue weighted by atomic mass is 16.5. The van der Waals surface area contributed by atoms with Gasteiger partial charge in [0.05, 0.1) is 12.7 Å². The van der Waals surface area contributed by atoms with Gasteiger partial charge >= 0.3 is 0 Å². The SMILES string of the molecule is O=C1NCCO[C@@H]2CCCN[C@H]12. The summed E-state index contributed by atoms with van der Waals surface area (Å²) in [5, 5.41) is 5.99. The van der Waals surface area contributed by atoms with Gasteiger partial charge in [0.15, 0.2) is 0 Å². The van der Waals surface area contributed by atoms with Crippen LogP contribution in [0.2, 0.25) is 0 Å². The molecule has 2 aliphatic heterocycles. The van der Waals surface area contributed by atoms with Crippen molar-refractivity contribution in [3.05, 3.63) is 0 Å². The van der Waals surface area contributed by atoms with E-state index in [1.165, 1.54) is 0 Å². The Morgan fingerprint density at radius 2 is 2.33 bits per heavy atom. The van der Waals surface area contributed by atoms with E-state index in [4.69, 9.17) is 4.74 Å². The monoisotopic (exact) mass is 170 g/mol. The van der Waals surface area contributed by atoms with Gasteiger partial charge in [-0.1, -0.05) is 0 Å². The maximum Gasteiger partial charge on any atom is 0.239 e. The minimum absolute atomic E-state index is 0.0946. The Kier molecular flexibility index (Phi) is 2.28. The van der Waals surface area contributed by atoms with Crippen LogP contribution in [0.1, 0.15) is 12.8 Å². The lowest BCUT2D eigenvalue weighted by Crippen LogP contribution is -2.52. The molecule has 0 bridgehead atoms. The van der Waals surface area contributed by atoms with E-state index < -0.39 is 0 Å². The van der Waals surface area contributed by atoms with Gasteiger partial charge in [-0.2, -0.15) is 0 Å². The molecular weight excluding hydrogens is 156 g/mol. The number of carbonyl (C=O) groups excluding carboxylic acids is 1. The van der Waals surface area contributed by atoms with Gasteiger partial charge in [-0.05, 0) is 19.4 Å². The summed E-state index contributed by atoms with van der Waals surface area (Å²) >= 11 is 0. The molecule has 2 aliphatic rings. The van der Waals surface area contributed by atoms with Gasteiger partial charge in [0.1, 0.15) is 6.04 Å². The quantitative estimate of drug-likeness (QED) is 0.503. The van der Waals surface area contributed by atoms with E-state index in [2.05, 4.69) is 10.6 Å². The third-order valence-electron chi connectivity index (χ3n) is 2.42. The molecule has 2 N–H and O–H groups in total. The molecule has 0 aliphatic carbocycles. The van der Waals surface area contributed by atoms with Gasteiger partial charge in [-0.25, -0.2) is 0 Å². The molecule has 1 amide bonds. The van der Waals surface area contributed by atoms with Crippen LogP contribution in [0.15, 0.2) is 0 Å². The lowest BCUT2D eigenvalue weighted by Gasteiger charge is -2.28. The molecule has 68 valence electrons. The van der Waals surface area contributed by atoms with Crippen molar-refractivity contribution in [3.63, 3.8) is 0 Å². The molecule has 2 rings (SSSR count). The molecule has 2 atom stereocenters. The first-order chi connectivity index (χ1) is 5.88. The normalized spacial score (nSPS) is 36.5. The van der Waals surface area contributed by atoms with Crippen LogP contribution in [-0.4, -0.2) is 37.7 Å². The second-order valence-corrected chi connectivity index (χ2v) is 3.27. The average Bonchev–Trinajstić information content (AvgIpc) is 2.29.